The van der Waals surface area contributed by atoms with E-state index in [4.69, 9.17) is 0 Å². The summed E-state index contributed by atoms with van der Waals surface area (Å²) >= 11 is 0. The van der Waals surface area contributed by atoms with Crippen LogP contribution >= 0.6 is 0 Å². The van der Waals surface area contributed by atoms with Crippen LogP contribution in [-0.4, -0.2) is 59.7 Å². The molecular weight excluding hydrogens is 446 g/mol. The van der Waals surface area contributed by atoms with Gasteiger partial charge in [0, 0.05) is 30.3 Å². The van der Waals surface area contributed by atoms with Gasteiger partial charge >= 0.3 is 0 Å². The maximum Gasteiger partial charge on any atom is 0.245 e. The number of hydrogen-bond acceptors (Lipinski definition) is 5. The molecule has 4 rings (SSSR count). The smallest absolute Gasteiger partial charge is 0.245 e. The maximum atomic E-state index is 13.7. The van der Waals surface area contributed by atoms with E-state index >= 15 is 0 Å². The van der Waals surface area contributed by atoms with Crippen molar-refractivity contribution in [3.05, 3.63) is 12.2 Å². The number of rotatable bonds is 1. The first kappa shape index (κ1) is 25.2. The minimum Gasteiger partial charge on any atom is -0.355 e. The maximum absolute atomic E-state index is 13.7. The van der Waals surface area contributed by atoms with Crippen LogP contribution in [0.5, 0.6) is 0 Å². The molecule has 190 valence electrons. The first-order valence-electron chi connectivity index (χ1n) is 12.6. The summed E-state index contributed by atoms with van der Waals surface area (Å²) < 4.78 is 0. The molecule has 2 saturated heterocycles. The highest BCUT2D eigenvalue weighted by Crippen LogP contribution is 2.65. The van der Waals surface area contributed by atoms with E-state index < -0.39 is 29.5 Å². The summed E-state index contributed by atoms with van der Waals surface area (Å²) in [5.41, 5.74) is -0.736. The molecule has 4 amide bonds. The van der Waals surface area contributed by atoms with E-state index in [0.29, 0.717) is 25.9 Å². The molecule has 35 heavy (non-hydrogen) atoms. The van der Waals surface area contributed by atoms with Crippen LogP contribution in [0.2, 0.25) is 0 Å². The monoisotopic (exact) mass is 483 g/mol. The summed E-state index contributed by atoms with van der Waals surface area (Å²) in [4.78, 5) is 54.1. The topological polar surface area (TPSA) is 131 Å². The molecule has 3 aliphatic heterocycles. The Kier molecular flexibility index (Phi) is 6.45. The molecule has 9 nitrogen and oxygen atoms in total. The lowest BCUT2D eigenvalue weighted by molar-refractivity contribution is -0.144. The van der Waals surface area contributed by atoms with E-state index in [0.717, 1.165) is 0 Å². The van der Waals surface area contributed by atoms with E-state index in [9.17, 15) is 24.4 Å². The fourth-order valence-electron chi connectivity index (χ4n) is 6.00. The Labute approximate surface area is 207 Å². The number of nitriles is 1. The second-order valence-corrected chi connectivity index (χ2v) is 12.1. The van der Waals surface area contributed by atoms with Crippen molar-refractivity contribution in [1.29, 1.82) is 5.26 Å². The van der Waals surface area contributed by atoms with Gasteiger partial charge in [-0.15, -0.1) is 0 Å². The quantitative estimate of drug-likeness (QED) is 0.481. The van der Waals surface area contributed by atoms with Gasteiger partial charge in [0.15, 0.2) is 0 Å². The van der Waals surface area contributed by atoms with Gasteiger partial charge in [0.25, 0.3) is 0 Å². The van der Waals surface area contributed by atoms with Crippen molar-refractivity contribution < 1.29 is 19.2 Å². The van der Waals surface area contributed by atoms with Gasteiger partial charge in [-0.1, -0.05) is 46.8 Å². The molecule has 3 heterocycles. The zero-order valence-electron chi connectivity index (χ0n) is 21.3. The van der Waals surface area contributed by atoms with Crippen molar-refractivity contribution in [3.8, 4) is 6.07 Å². The van der Waals surface area contributed by atoms with Gasteiger partial charge in [-0.05, 0) is 36.5 Å². The molecule has 3 fully saturated rings. The standard InChI is InChI=1S/C26H37N5O4/c1-25(2,3)24(35)30-18-9-7-6-8-14-12-28-21(32)16(14)10-15(11-27)29-22(33)20-19-17(26(19,4)5)13-31(20)23(18)34/h6,8,14-20H,7,9-10,12-13H2,1-5H3,(H,28,32)(H,29,33)(H,30,35)/b8-6+/t14-,15-,16-,17-,18-,19-,20-/m0/s1. The fourth-order valence-corrected chi connectivity index (χ4v) is 6.00. The zero-order chi connectivity index (χ0) is 25.7. The van der Waals surface area contributed by atoms with Crippen molar-refractivity contribution in [2.24, 2.45) is 34.5 Å². The molecule has 0 spiro atoms. The fraction of sp³-hybridized carbons (Fsp3) is 0.731. The molecule has 4 aliphatic rings. The van der Waals surface area contributed by atoms with Crippen LogP contribution in [0.3, 0.4) is 0 Å². The van der Waals surface area contributed by atoms with Crippen molar-refractivity contribution in [2.75, 3.05) is 13.1 Å². The van der Waals surface area contributed by atoms with E-state index in [-0.39, 0.29) is 53.2 Å². The molecule has 7 atom stereocenters. The van der Waals surface area contributed by atoms with Gasteiger partial charge in [0.2, 0.25) is 23.6 Å². The predicted molar refractivity (Wildman–Crippen MR) is 128 cm³/mol. The molecular formula is C26H37N5O4. The molecule has 0 radical (unpaired) electrons. The lowest BCUT2D eigenvalue weighted by Gasteiger charge is -2.34. The van der Waals surface area contributed by atoms with Crippen molar-refractivity contribution >= 4 is 23.6 Å². The third-order valence-corrected chi connectivity index (χ3v) is 8.38. The van der Waals surface area contributed by atoms with E-state index in [1.807, 2.05) is 12.2 Å². The van der Waals surface area contributed by atoms with Gasteiger partial charge in [-0.2, -0.15) is 5.26 Å². The molecule has 0 aromatic carbocycles. The number of nitrogens with one attached hydrogen (secondary N) is 3. The van der Waals surface area contributed by atoms with Crippen molar-refractivity contribution in [3.63, 3.8) is 0 Å². The average Bonchev–Trinajstić information content (AvgIpc) is 3.11. The first-order chi connectivity index (χ1) is 16.4. The molecule has 0 aromatic rings. The summed E-state index contributed by atoms with van der Waals surface area (Å²) in [6.45, 7) is 10.5. The number of carbonyl (C=O) groups is 4. The van der Waals surface area contributed by atoms with Crippen LogP contribution in [0.15, 0.2) is 12.2 Å². The lowest BCUT2D eigenvalue weighted by Crippen LogP contribution is -2.57. The van der Waals surface area contributed by atoms with Crippen LogP contribution in [0.4, 0.5) is 0 Å². The summed E-state index contributed by atoms with van der Waals surface area (Å²) in [5.74, 6) is -1.23. The molecule has 1 saturated carbocycles. The number of fused-ring (bicyclic) bond motifs is 4. The molecule has 0 aromatic heterocycles. The molecule has 0 bridgehead atoms. The summed E-state index contributed by atoms with van der Waals surface area (Å²) in [6.07, 6.45) is 5.08. The number of carbonyl (C=O) groups excluding carboxylic acids is 4. The third kappa shape index (κ3) is 4.67. The number of hydrogen-bond donors (Lipinski definition) is 3. The number of allylic oxidation sites excluding steroid dienone is 1. The van der Waals surface area contributed by atoms with Crippen LogP contribution < -0.4 is 16.0 Å². The minimum absolute atomic E-state index is 0.0000832. The van der Waals surface area contributed by atoms with Gasteiger partial charge < -0.3 is 20.9 Å². The summed E-state index contributed by atoms with van der Waals surface area (Å²) in [7, 11) is 0. The zero-order valence-corrected chi connectivity index (χ0v) is 21.3. The van der Waals surface area contributed by atoms with Crippen LogP contribution in [0.25, 0.3) is 0 Å². The first-order valence-corrected chi connectivity index (χ1v) is 12.6. The van der Waals surface area contributed by atoms with Gasteiger partial charge in [0.1, 0.15) is 18.1 Å². The summed E-state index contributed by atoms with van der Waals surface area (Å²) in [6, 6.07) is -0.135. The van der Waals surface area contributed by atoms with Gasteiger partial charge in [-0.3, -0.25) is 19.2 Å². The predicted octanol–water partition coefficient (Wildman–Crippen LogP) is 1.11. The Balaban J connectivity index is 1.66. The second kappa shape index (κ2) is 8.96. The highest BCUT2D eigenvalue weighted by atomic mass is 16.2. The highest BCUT2D eigenvalue weighted by molar-refractivity contribution is 5.94. The van der Waals surface area contributed by atoms with E-state index in [1.54, 1.807) is 25.7 Å². The van der Waals surface area contributed by atoms with Gasteiger partial charge in [0.05, 0.1) is 6.07 Å². The molecule has 3 N–H and O–H groups in total. The average molecular weight is 484 g/mol. The minimum atomic E-state index is -0.829. The number of nitrogens with zero attached hydrogens (tertiary/aromatic N) is 2. The van der Waals surface area contributed by atoms with Crippen LogP contribution in [0, 0.1) is 45.8 Å². The highest BCUT2D eigenvalue weighted by Gasteiger charge is 2.69. The number of piperidine rings is 1. The lowest BCUT2D eigenvalue weighted by atomic mass is 9.88. The summed E-state index contributed by atoms with van der Waals surface area (Å²) in [5, 5.41) is 18.4. The SMILES string of the molecule is CC(C)(C)C(=O)N[C@H]1CC/C=C/[C@H]2CNC(=O)[C@H]2C[C@@H](C#N)NC(=O)[C@@H]2[C@@H]3[C@H](CN2C1=O)C3(C)C. The molecule has 0 unspecified atom stereocenters. The largest absolute Gasteiger partial charge is 0.355 e. The van der Waals surface area contributed by atoms with Crippen molar-refractivity contribution in [2.45, 2.75) is 72.0 Å². The second-order valence-electron chi connectivity index (χ2n) is 12.1. The Morgan fingerprint density at radius 3 is 2.60 bits per heavy atom. The van der Waals surface area contributed by atoms with Gasteiger partial charge in [-0.25, -0.2) is 0 Å². The van der Waals surface area contributed by atoms with E-state index in [1.165, 1.54) is 0 Å². The van der Waals surface area contributed by atoms with Crippen molar-refractivity contribution in [1.82, 2.24) is 20.9 Å². The normalized spacial score (nSPS) is 37.5. The van der Waals surface area contributed by atoms with Crippen LogP contribution in [-0.2, 0) is 19.2 Å². The molecule has 9 heteroatoms. The number of amides is 4. The Morgan fingerprint density at radius 1 is 1.23 bits per heavy atom. The Hall–Kier alpha value is -2.89. The third-order valence-electron chi connectivity index (χ3n) is 8.38. The molecule has 1 aliphatic carbocycles. The Morgan fingerprint density at radius 2 is 1.94 bits per heavy atom. The van der Waals surface area contributed by atoms with E-state index in [2.05, 4.69) is 35.9 Å². The van der Waals surface area contributed by atoms with Crippen LogP contribution in [0.1, 0.15) is 53.9 Å². The Bertz CT molecular complexity index is 991.